The Labute approximate surface area is 223 Å². The van der Waals surface area contributed by atoms with E-state index in [-0.39, 0.29) is 0 Å². The molecule has 3 heteroatoms. The van der Waals surface area contributed by atoms with Crippen LogP contribution in [0.2, 0.25) is 0 Å². The maximum Gasteiger partial charge on any atom is 0.0458 e. The number of fused-ring (bicyclic) bond motifs is 1. The van der Waals surface area contributed by atoms with Crippen molar-refractivity contribution >= 4 is 16.6 Å². The Bertz CT molecular complexity index is 806. The van der Waals surface area contributed by atoms with Crippen LogP contribution in [0.1, 0.15) is 135 Å². The van der Waals surface area contributed by atoms with E-state index in [4.69, 9.17) is 0 Å². The number of hydrogen-bond donors (Lipinski definition) is 3. The summed E-state index contributed by atoms with van der Waals surface area (Å²) in [5.74, 6) is 0. The molecule has 0 saturated heterocycles. The van der Waals surface area contributed by atoms with Crippen LogP contribution in [0.15, 0.2) is 36.7 Å². The van der Waals surface area contributed by atoms with Crippen molar-refractivity contribution in [1.29, 1.82) is 0 Å². The second-order valence-corrected chi connectivity index (χ2v) is 10.8. The molecule has 0 aliphatic rings. The van der Waals surface area contributed by atoms with Gasteiger partial charge >= 0.3 is 0 Å². The van der Waals surface area contributed by atoms with Crippen molar-refractivity contribution in [3.63, 3.8) is 0 Å². The lowest BCUT2D eigenvalue weighted by molar-refractivity contribution is 0.526. The number of aromatic amines is 1. The lowest BCUT2D eigenvalue weighted by Crippen LogP contribution is -2.15. The molecule has 3 nitrogen and oxygen atoms in total. The molecule has 0 bridgehead atoms. The Morgan fingerprint density at radius 1 is 0.750 bits per heavy atom. The molecule has 0 aliphatic heterocycles. The number of hydrogen-bond acceptors (Lipinski definition) is 2. The van der Waals surface area contributed by atoms with Gasteiger partial charge in [-0.1, -0.05) is 116 Å². The minimum Gasteiger partial charge on any atom is -0.388 e. The molecular weight excluding hydrogens is 438 g/mol. The van der Waals surface area contributed by atoms with Crippen LogP contribution in [0.25, 0.3) is 10.9 Å². The van der Waals surface area contributed by atoms with Crippen LogP contribution in [0.3, 0.4) is 0 Å². The molecule has 0 aliphatic carbocycles. The molecular formula is C33H57N3. The van der Waals surface area contributed by atoms with Crippen molar-refractivity contribution in [2.24, 2.45) is 0 Å². The number of H-pyrrole nitrogens is 1. The van der Waals surface area contributed by atoms with Crippen LogP contribution in [0.4, 0.5) is 5.69 Å². The zero-order valence-electron chi connectivity index (χ0n) is 23.9. The number of allylic oxidation sites excluding steroid dienone is 1. The highest BCUT2D eigenvalue weighted by molar-refractivity contribution is 5.86. The Kier molecular flexibility index (Phi) is 17.0. The second kappa shape index (κ2) is 20.2. The van der Waals surface area contributed by atoms with Gasteiger partial charge in [0.2, 0.25) is 0 Å². The number of unbranched alkanes of at least 4 members (excludes halogenated alkanes) is 16. The van der Waals surface area contributed by atoms with Crippen LogP contribution in [-0.4, -0.2) is 18.1 Å². The highest BCUT2D eigenvalue weighted by Crippen LogP contribution is 2.23. The molecule has 1 heterocycles. The largest absolute Gasteiger partial charge is 0.388 e. The standard InChI is InChI=1S/C33H57N3/c1-4-6-7-8-9-10-11-12-13-14-15-16-17-18-19-20-21-22-29(3)35-26-25-30-28-36-33-24-23-31(34-5-2)27-32(30)33/h23-24,27-28,34-36H,3-22,25-26H2,1-2H3. The Morgan fingerprint density at radius 2 is 1.31 bits per heavy atom. The number of anilines is 1. The summed E-state index contributed by atoms with van der Waals surface area (Å²) in [4.78, 5) is 3.40. The number of benzene rings is 1. The minimum atomic E-state index is 0.950. The van der Waals surface area contributed by atoms with E-state index in [2.05, 4.69) is 60.4 Å². The maximum absolute atomic E-state index is 4.26. The summed E-state index contributed by atoms with van der Waals surface area (Å²) < 4.78 is 0. The summed E-state index contributed by atoms with van der Waals surface area (Å²) in [6.45, 7) is 10.6. The Morgan fingerprint density at radius 3 is 1.86 bits per heavy atom. The summed E-state index contributed by atoms with van der Waals surface area (Å²) in [7, 11) is 0. The predicted octanol–water partition coefficient (Wildman–Crippen LogP) is 10.3. The summed E-state index contributed by atoms with van der Waals surface area (Å²) in [6, 6.07) is 6.57. The third-order valence-corrected chi connectivity index (χ3v) is 7.50. The van der Waals surface area contributed by atoms with Crippen molar-refractivity contribution in [3.05, 3.63) is 42.2 Å². The van der Waals surface area contributed by atoms with Crippen molar-refractivity contribution in [3.8, 4) is 0 Å². The fraction of sp³-hybridized carbons (Fsp3) is 0.697. The van der Waals surface area contributed by atoms with Gasteiger partial charge in [0.1, 0.15) is 0 Å². The van der Waals surface area contributed by atoms with Crippen molar-refractivity contribution in [1.82, 2.24) is 10.3 Å². The van der Waals surface area contributed by atoms with Crippen molar-refractivity contribution in [2.75, 3.05) is 18.4 Å². The van der Waals surface area contributed by atoms with Crippen molar-refractivity contribution < 1.29 is 0 Å². The molecule has 36 heavy (non-hydrogen) atoms. The van der Waals surface area contributed by atoms with E-state index in [0.717, 1.165) is 25.9 Å². The highest BCUT2D eigenvalue weighted by atomic mass is 14.9. The average Bonchev–Trinajstić information content (AvgIpc) is 3.28. The molecule has 0 saturated carbocycles. The SMILES string of the molecule is C=C(CCCCCCCCCCCCCCCCCCC)NCCc1c[nH]c2ccc(NCC)cc12. The first-order valence-corrected chi connectivity index (χ1v) is 15.5. The number of rotatable bonds is 24. The second-order valence-electron chi connectivity index (χ2n) is 10.8. The highest BCUT2D eigenvalue weighted by Gasteiger charge is 2.05. The average molecular weight is 496 g/mol. The van der Waals surface area contributed by atoms with E-state index < -0.39 is 0 Å². The first kappa shape index (κ1) is 30.3. The molecule has 0 unspecified atom stereocenters. The molecule has 204 valence electrons. The monoisotopic (exact) mass is 495 g/mol. The fourth-order valence-electron chi connectivity index (χ4n) is 5.22. The Balaban J connectivity index is 1.37. The van der Waals surface area contributed by atoms with Gasteiger partial charge in [-0.15, -0.1) is 0 Å². The van der Waals surface area contributed by atoms with Gasteiger partial charge in [0.05, 0.1) is 0 Å². The molecule has 0 amide bonds. The topological polar surface area (TPSA) is 39.9 Å². The summed E-state index contributed by atoms with van der Waals surface area (Å²) in [5.41, 5.74) is 4.99. The van der Waals surface area contributed by atoms with Gasteiger partial charge in [-0.3, -0.25) is 0 Å². The van der Waals surface area contributed by atoms with Gasteiger partial charge < -0.3 is 15.6 Å². The van der Waals surface area contributed by atoms with E-state index in [1.165, 1.54) is 137 Å². The fourth-order valence-corrected chi connectivity index (χ4v) is 5.22. The molecule has 0 radical (unpaired) electrons. The molecule has 2 aromatic rings. The quantitative estimate of drug-likeness (QED) is 0.127. The van der Waals surface area contributed by atoms with E-state index in [9.17, 15) is 0 Å². The van der Waals surface area contributed by atoms with Gasteiger partial charge in [0.15, 0.2) is 0 Å². The van der Waals surface area contributed by atoms with Crippen LogP contribution in [-0.2, 0) is 6.42 Å². The first-order chi connectivity index (χ1) is 17.7. The van der Waals surface area contributed by atoms with Gasteiger partial charge in [0.25, 0.3) is 0 Å². The zero-order chi connectivity index (χ0) is 25.7. The minimum absolute atomic E-state index is 0.950. The van der Waals surface area contributed by atoms with Gasteiger partial charge in [-0.05, 0) is 49.9 Å². The smallest absolute Gasteiger partial charge is 0.0458 e. The van der Waals surface area contributed by atoms with Gasteiger partial charge in [0, 0.05) is 41.6 Å². The normalized spacial score (nSPS) is 11.3. The van der Waals surface area contributed by atoms with Crippen LogP contribution >= 0.6 is 0 Å². The van der Waals surface area contributed by atoms with E-state index >= 15 is 0 Å². The molecule has 0 atom stereocenters. The number of nitrogens with one attached hydrogen (secondary N) is 3. The Hall–Kier alpha value is -1.90. The summed E-state index contributed by atoms with van der Waals surface area (Å²) >= 11 is 0. The molecule has 1 aromatic heterocycles. The predicted molar refractivity (Wildman–Crippen MR) is 162 cm³/mol. The molecule has 0 fully saturated rings. The third-order valence-electron chi connectivity index (χ3n) is 7.50. The van der Waals surface area contributed by atoms with Gasteiger partial charge in [-0.25, -0.2) is 0 Å². The lowest BCUT2D eigenvalue weighted by Gasteiger charge is -2.10. The third kappa shape index (κ3) is 13.4. The first-order valence-electron chi connectivity index (χ1n) is 15.5. The van der Waals surface area contributed by atoms with E-state index in [1.807, 2.05) is 0 Å². The maximum atomic E-state index is 4.26. The van der Waals surface area contributed by atoms with Crippen molar-refractivity contribution in [2.45, 2.75) is 136 Å². The van der Waals surface area contributed by atoms with Crippen LogP contribution < -0.4 is 10.6 Å². The summed E-state index contributed by atoms with van der Waals surface area (Å²) in [5, 5.41) is 8.30. The van der Waals surface area contributed by atoms with E-state index in [1.54, 1.807) is 0 Å². The van der Waals surface area contributed by atoms with Crippen LogP contribution in [0, 0.1) is 0 Å². The van der Waals surface area contributed by atoms with Crippen LogP contribution in [0.5, 0.6) is 0 Å². The lowest BCUT2D eigenvalue weighted by atomic mass is 10.0. The molecule has 2 rings (SSSR count). The zero-order valence-corrected chi connectivity index (χ0v) is 23.9. The molecule has 0 spiro atoms. The van der Waals surface area contributed by atoms with E-state index in [0.29, 0.717) is 0 Å². The molecule has 3 N–H and O–H groups in total. The molecule has 1 aromatic carbocycles. The number of aromatic nitrogens is 1. The van der Waals surface area contributed by atoms with Gasteiger partial charge in [-0.2, -0.15) is 0 Å². The summed E-state index contributed by atoms with van der Waals surface area (Å²) in [6.07, 6.45) is 28.5.